The van der Waals surface area contributed by atoms with E-state index in [4.69, 9.17) is 9.84 Å². The van der Waals surface area contributed by atoms with Crippen molar-refractivity contribution in [1.29, 1.82) is 0 Å². The third-order valence-electron chi connectivity index (χ3n) is 5.12. The van der Waals surface area contributed by atoms with Crippen LogP contribution in [0.4, 0.5) is 11.5 Å². The molecule has 2 aromatic heterocycles. The van der Waals surface area contributed by atoms with E-state index in [1.165, 1.54) is 0 Å². The minimum atomic E-state index is 0.0382. The molecule has 138 valence electrons. The fraction of sp³-hybridized carbons (Fsp3) is 0.350. The number of carbonyl (C=O) groups is 1. The molecule has 7 heteroatoms. The van der Waals surface area contributed by atoms with Crippen LogP contribution < -0.4 is 10.2 Å². The summed E-state index contributed by atoms with van der Waals surface area (Å²) in [4.78, 5) is 18.4. The summed E-state index contributed by atoms with van der Waals surface area (Å²) in [5.74, 6) is 0.956. The molecule has 0 bridgehead atoms. The van der Waals surface area contributed by atoms with Gasteiger partial charge >= 0.3 is 0 Å². The number of fused-ring (bicyclic) bond motifs is 2. The Bertz CT molecular complexity index is 1030. The van der Waals surface area contributed by atoms with Gasteiger partial charge in [0.2, 0.25) is 5.91 Å². The van der Waals surface area contributed by atoms with Crippen molar-refractivity contribution < 1.29 is 9.53 Å². The molecule has 0 saturated carbocycles. The average Bonchev–Trinajstić information content (AvgIpc) is 3.21. The number of carbonyl (C=O) groups excluding carboxylic acids is 1. The molecule has 1 saturated heterocycles. The van der Waals surface area contributed by atoms with Crippen molar-refractivity contribution in [2.75, 3.05) is 23.3 Å². The van der Waals surface area contributed by atoms with Gasteiger partial charge in [-0.2, -0.15) is 0 Å². The highest BCUT2D eigenvalue weighted by atomic mass is 16.5. The normalized spacial score (nSPS) is 22.1. The second-order valence-corrected chi connectivity index (χ2v) is 7.36. The Kier molecular flexibility index (Phi) is 3.65. The van der Waals surface area contributed by atoms with E-state index in [1.807, 2.05) is 41.0 Å². The summed E-state index contributed by atoms with van der Waals surface area (Å²) in [5, 5.41) is 7.73. The number of hydrogen-bond acceptors (Lipinski definition) is 5. The van der Waals surface area contributed by atoms with E-state index in [9.17, 15) is 4.79 Å². The molecule has 2 aliphatic heterocycles. The molecule has 0 aliphatic carbocycles. The topological polar surface area (TPSA) is 71.8 Å². The number of rotatable bonds is 2. The van der Waals surface area contributed by atoms with Gasteiger partial charge in [0.25, 0.3) is 0 Å². The van der Waals surface area contributed by atoms with E-state index in [0.29, 0.717) is 6.42 Å². The van der Waals surface area contributed by atoms with Crippen molar-refractivity contribution in [2.45, 2.75) is 32.5 Å². The van der Waals surface area contributed by atoms with Crippen LogP contribution in [-0.4, -0.2) is 45.8 Å². The predicted octanol–water partition coefficient (Wildman–Crippen LogP) is 2.50. The van der Waals surface area contributed by atoms with Gasteiger partial charge in [-0.25, -0.2) is 9.50 Å². The van der Waals surface area contributed by atoms with Crippen LogP contribution in [0.25, 0.3) is 16.9 Å². The maximum atomic E-state index is 11.6. The van der Waals surface area contributed by atoms with E-state index in [1.54, 1.807) is 0 Å². The molecule has 1 N–H and O–H groups in total. The molecule has 27 heavy (non-hydrogen) atoms. The molecule has 4 heterocycles. The molecule has 0 radical (unpaired) electrons. The molecule has 1 aromatic carbocycles. The molecule has 1 fully saturated rings. The van der Waals surface area contributed by atoms with Gasteiger partial charge in [-0.3, -0.25) is 4.79 Å². The Morgan fingerprint density at radius 1 is 1.15 bits per heavy atom. The summed E-state index contributed by atoms with van der Waals surface area (Å²) in [5.41, 5.74) is 4.63. The highest BCUT2D eigenvalue weighted by Crippen LogP contribution is 2.29. The molecule has 5 rings (SSSR count). The molecular weight excluding hydrogens is 342 g/mol. The highest BCUT2D eigenvalue weighted by Gasteiger charge is 2.24. The average molecular weight is 363 g/mol. The van der Waals surface area contributed by atoms with Crippen molar-refractivity contribution >= 4 is 23.1 Å². The minimum absolute atomic E-state index is 0.0382. The van der Waals surface area contributed by atoms with Crippen LogP contribution in [0.3, 0.4) is 0 Å². The first-order chi connectivity index (χ1) is 13.1. The number of aromatic nitrogens is 3. The van der Waals surface area contributed by atoms with Gasteiger partial charge in [0, 0.05) is 24.3 Å². The fourth-order valence-corrected chi connectivity index (χ4v) is 3.98. The summed E-state index contributed by atoms with van der Waals surface area (Å²) < 4.78 is 7.71. The van der Waals surface area contributed by atoms with Gasteiger partial charge in [0.15, 0.2) is 5.65 Å². The van der Waals surface area contributed by atoms with E-state index < -0.39 is 0 Å². The maximum absolute atomic E-state index is 11.6. The smallest absolute Gasteiger partial charge is 0.228 e. The minimum Gasteiger partial charge on any atom is -0.372 e. The monoisotopic (exact) mass is 363 g/mol. The second-order valence-electron chi connectivity index (χ2n) is 7.36. The van der Waals surface area contributed by atoms with E-state index in [-0.39, 0.29) is 18.1 Å². The quantitative estimate of drug-likeness (QED) is 0.757. The van der Waals surface area contributed by atoms with Gasteiger partial charge in [0.1, 0.15) is 5.82 Å². The zero-order chi connectivity index (χ0) is 18.5. The first kappa shape index (κ1) is 16.3. The number of anilines is 2. The van der Waals surface area contributed by atoms with E-state index in [0.717, 1.165) is 47.1 Å². The largest absolute Gasteiger partial charge is 0.372 e. The van der Waals surface area contributed by atoms with Gasteiger partial charge in [-0.15, -0.1) is 5.10 Å². The lowest BCUT2D eigenvalue weighted by molar-refractivity contribution is -0.115. The summed E-state index contributed by atoms with van der Waals surface area (Å²) in [6, 6.07) is 10.0. The highest BCUT2D eigenvalue weighted by molar-refractivity contribution is 5.99. The van der Waals surface area contributed by atoms with Crippen LogP contribution in [0.2, 0.25) is 0 Å². The number of amides is 1. The molecule has 7 nitrogen and oxygen atoms in total. The van der Waals surface area contributed by atoms with E-state index in [2.05, 4.69) is 29.0 Å². The Balaban J connectivity index is 1.54. The van der Waals surface area contributed by atoms with Crippen LogP contribution in [0.5, 0.6) is 0 Å². The maximum Gasteiger partial charge on any atom is 0.228 e. The standard InChI is InChI=1S/C20H21N5O2/c1-12-10-24(11-13(2)27-12)19-6-5-18-21-9-17(25(18)23-19)14-3-4-16-15(7-14)8-20(26)22-16/h3-7,9,12-13H,8,10-11H2,1-2H3,(H,22,26)/t12-,13+. The lowest BCUT2D eigenvalue weighted by Gasteiger charge is -2.35. The third kappa shape index (κ3) is 2.84. The van der Waals surface area contributed by atoms with Crippen molar-refractivity contribution in [3.8, 4) is 11.3 Å². The number of hydrogen-bond donors (Lipinski definition) is 1. The number of nitrogens with one attached hydrogen (secondary N) is 1. The van der Waals surface area contributed by atoms with Crippen LogP contribution in [0.15, 0.2) is 36.5 Å². The van der Waals surface area contributed by atoms with Crippen molar-refractivity contribution in [2.24, 2.45) is 0 Å². The van der Waals surface area contributed by atoms with E-state index >= 15 is 0 Å². The zero-order valence-corrected chi connectivity index (χ0v) is 15.3. The Hall–Kier alpha value is -2.93. The number of nitrogens with zero attached hydrogens (tertiary/aromatic N) is 4. The number of ether oxygens (including phenoxy) is 1. The number of morpholine rings is 1. The molecule has 1 amide bonds. The first-order valence-corrected chi connectivity index (χ1v) is 9.25. The number of imidazole rings is 1. The molecule has 2 aliphatic rings. The summed E-state index contributed by atoms with van der Waals surface area (Å²) in [6.45, 7) is 5.81. The first-order valence-electron chi connectivity index (χ1n) is 9.25. The Morgan fingerprint density at radius 3 is 2.78 bits per heavy atom. The zero-order valence-electron chi connectivity index (χ0n) is 15.3. The molecule has 3 aromatic rings. The van der Waals surface area contributed by atoms with Gasteiger partial charge < -0.3 is 15.0 Å². The van der Waals surface area contributed by atoms with Crippen molar-refractivity contribution in [3.63, 3.8) is 0 Å². The van der Waals surface area contributed by atoms with Crippen LogP contribution >= 0.6 is 0 Å². The van der Waals surface area contributed by atoms with Crippen LogP contribution in [0, 0.1) is 0 Å². The van der Waals surface area contributed by atoms with Crippen LogP contribution in [-0.2, 0) is 16.0 Å². The summed E-state index contributed by atoms with van der Waals surface area (Å²) in [6.07, 6.45) is 2.61. The Morgan fingerprint density at radius 2 is 1.96 bits per heavy atom. The SMILES string of the molecule is C[C@@H]1CN(c2ccc3ncc(-c4ccc5c(c4)CC(=O)N5)n3n2)C[C@H](C)O1. The number of benzene rings is 1. The van der Waals surface area contributed by atoms with Gasteiger partial charge in [-0.05, 0) is 43.7 Å². The second kappa shape index (κ2) is 6.06. The van der Waals surface area contributed by atoms with Gasteiger partial charge in [0.05, 0.1) is 30.5 Å². The van der Waals surface area contributed by atoms with Crippen LogP contribution in [0.1, 0.15) is 19.4 Å². The summed E-state index contributed by atoms with van der Waals surface area (Å²) >= 11 is 0. The van der Waals surface area contributed by atoms with Crippen molar-refractivity contribution in [1.82, 2.24) is 14.6 Å². The molecule has 0 spiro atoms. The predicted molar refractivity (Wildman–Crippen MR) is 103 cm³/mol. The van der Waals surface area contributed by atoms with Crippen molar-refractivity contribution in [3.05, 3.63) is 42.1 Å². The lowest BCUT2D eigenvalue weighted by atomic mass is 10.1. The lowest BCUT2D eigenvalue weighted by Crippen LogP contribution is -2.46. The molecule has 0 unspecified atom stereocenters. The fourth-order valence-electron chi connectivity index (χ4n) is 3.98. The van der Waals surface area contributed by atoms with Gasteiger partial charge in [-0.1, -0.05) is 6.07 Å². The molecule has 2 atom stereocenters. The third-order valence-corrected chi connectivity index (χ3v) is 5.12. The summed E-state index contributed by atoms with van der Waals surface area (Å²) in [7, 11) is 0. The molecular formula is C20H21N5O2. The Labute approximate surface area is 157 Å².